The van der Waals surface area contributed by atoms with Crippen molar-refractivity contribution in [3.63, 3.8) is 0 Å². The van der Waals surface area contributed by atoms with E-state index >= 15 is 0 Å². The maximum atomic E-state index is 4.83. The van der Waals surface area contributed by atoms with Gasteiger partial charge >= 0.3 is 0 Å². The van der Waals surface area contributed by atoms with E-state index in [1.165, 1.54) is 0 Å². The summed E-state index contributed by atoms with van der Waals surface area (Å²) in [4.78, 5) is 0. The fraction of sp³-hybridized carbons (Fsp3) is 0. The molecule has 0 rings (SSSR count). The van der Waals surface area contributed by atoms with Gasteiger partial charge < -0.3 is 0 Å². The first kappa shape index (κ1) is 12.7. The van der Waals surface area contributed by atoms with Crippen LogP contribution in [-0.4, -0.2) is 0 Å². The Bertz CT molecular complexity index is 210. The van der Waals surface area contributed by atoms with Crippen LogP contribution in [0.25, 0.3) is 0 Å². The highest BCUT2D eigenvalue weighted by Crippen LogP contribution is 1.65. The van der Waals surface area contributed by atoms with Gasteiger partial charge in [-0.3, -0.25) is 0 Å². The third kappa shape index (κ3) is 24.3. The van der Waals surface area contributed by atoms with E-state index in [1.807, 2.05) is 0 Å². The molecule has 0 spiro atoms. The van der Waals surface area contributed by atoms with Gasteiger partial charge in [0.1, 0.15) is 0 Å². The van der Waals surface area contributed by atoms with E-state index in [2.05, 4.69) is 25.0 Å². The third-order valence-corrected chi connectivity index (χ3v) is 0.657. The van der Waals surface area contributed by atoms with Crippen LogP contribution in [0.4, 0.5) is 0 Å². The topological polar surface area (TPSA) is 0 Å². The first-order valence-corrected chi connectivity index (χ1v) is 3.30. The fourth-order valence-corrected chi connectivity index (χ4v) is 0.247. The summed E-state index contributed by atoms with van der Waals surface area (Å²) < 4.78 is 0. The van der Waals surface area contributed by atoms with Crippen molar-refractivity contribution >= 4 is 0 Å². The number of hydrogen-bond acceptors (Lipinski definition) is 0. The van der Waals surface area contributed by atoms with Crippen LogP contribution < -0.4 is 0 Å². The molecule has 0 unspecified atom stereocenters. The van der Waals surface area contributed by atoms with E-state index in [1.54, 1.807) is 36.5 Å². The Kier molecular flexibility index (Phi) is 17.0. The van der Waals surface area contributed by atoms with Gasteiger partial charge in [-0.25, -0.2) is 0 Å². The molecule has 12 heavy (non-hydrogen) atoms. The van der Waals surface area contributed by atoms with Crippen LogP contribution in [0.3, 0.4) is 0 Å². The zero-order chi connectivity index (χ0) is 9.66. The standard InChI is InChI=1S/2C6H6/c2*1-3-5-6-4-2/h2*1,4-6H,2H2. The van der Waals surface area contributed by atoms with Crippen molar-refractivity contribution in [3.05, 3.63) is 49.6 Å². The summed E-state index contributed by atoms with van der Waals surface area (Å²) in [5.41, 5.74) is 0. The van der Waals surface area contributed by atoms with Gasteiger partial charge in [-0.2, -0.15) is 0 Å². The molecule has 0 aromatic rings. The normalized spacial score (nSPS) is 7.83. The zero-order valence-electron chi connectivity index (χ0n) is 7.03. The number of allylic oxidation sites excluding steroid dienone is 6. The van der Waals surface area contributed by atoms with Crippen molar-refractivity contribution < 1.29 is 0 Å². The largest absolute Gasteiger partial charge is 0.115 e. The molecule has 0 heteroatoms. The summed E-state index contributed by atoms with van der Waals surface area (Å²) in [5, 5.41) is 0. The Morgan fingerprint density at radius 2 is 1.17 bits per heavy atom. The molecule has 60 valence electrons. The molecule has 0 aromatic heterocycles. The average Bonchev–Trinajstić information content (AvgIpc) is 2.12. The molecule has 0 nitrogen and oxygen atoms in total. The van der Waals surface area contributed by atoms with Gasteiger partial charge in [0.25, 0.3) is 0 Å². The lowest BCUT2D eigenvalue weighted by atomic mass is 10.5. The number of rotatable bonds is 2. The molecule has 0 atom stereocenters. The molecule has 0 aliphatic carbocycles. The minimum absolute atomic E-state index is 1.59. The van der Waals surface area contributed by atoms with Crippen molar-refractivity contribution in [2.24, 2.45) is 0 Å². The molecule has 0 fully saturated rings. The average molecular weight is 156 g/mol. The molecule has 0 N–H and O–H groups in total. The van der Waals surface area contributed by atoms with Crippen LogP contribution in [-0.2, 0) is 0 Å². The molecule has 0 aliphatic heterocycles. The van der Waals surface area contributed by atoms with E-state index in [9.17, 15) is 0 Å². The molecule has 0 radical (unpaired) electrons. The Balaban J connectivity index is 0. The van der Waals surface area contributed by atoms with Crippen LogP contribution in [0.5, 0.6) is 0 Å². The van der Waals surface area contributed by atoms with E-state index in [4.69, 9.17) is 12.8 Å². The monoisotopic (exact) mass is 156 g/mol. The minimum atomic E-state index is 1.59. The lowest BCUT2D eigenvalue weighted by molar-refractivity contribution is 2.05. The van der Waals surface area contributed by atoms with Crippen LogP contribution in [0.1, 0.15) is 0 Å². The van der Waals surface area contributed by atoms with Crippen molar-refractivity contribution in [2.75, 3.05) is 0 Å². The Labute approximate surface area is 75.0 Å². The zero-order valence-corrected chi connectivity index (χ0v) is 7.03. The Morgan fingerprint density at radius 3 is 1.25 bits per heavy atom. The first-order valence-electron chi connectivity index (χ1n) is 3.30. The van der Waals surface area contributed by atoms with E-state index in [-0.39, 0.29) is 0 Å². The Hall–Kier alpha value is -1.92. The quantitative estimate of drug-likeness (QED) is 0.426. The second kappa shape index (κ2) is 16.0. The maximum Gasteiger partial charge on any atom is -0.0122 e. The van der Waals surface area contributed by atoms with Gasteiger partial charge in [-0.1, -0.05) is 49.3 Å². The molecule has 0 aliphatic rings. The number of hydrogen-bond donors (Lipinski definition) is 0. The highest BCUT2D eigenvalue weighted by molar-refractivity contribution is 5.14. The molecule has 0 aromatic carbocycles. The van der Waals surface area contributed by atoms with Crippen LogP contribution >= 0.6 is 0 Å². The molecular formula is C12H12. The summed E-state index contributed by atoms with van der Waals surface area (Å²) in [5.74, 6) is 4.63. The second-order valence-corrected chi connectivity index (χ2v) is 1.52. The summed E-state index contributed by atoms with van der Waals surface area (Å²) in [6.45, 7) is 6.83. The van der Waals surface area contributed by atoms with Gasteiger partial charge in [0.05, 0.1) is 0 Å². The molecule has 0 saturated carbocycles. The van der Waals surface area contributed by atoms with Crippen LogP contribution in [0, 0.1) is 24.7 Å². The van der Waals surface area contributed by atoms with Gasteiger partial charge in [0.15, 0.2) is 0 Å². The van der Waals surface area contributed by atoms with E-state index < -0.39 is 0 Å². The molecular weight excluding hydrogens is 144 g/mol. The van der Waals surface area contributed by atoms with Gasteiger partial charge in [-0.15, -0.1) is 12.8 Å². The molecule has 0 saturated heterocycles. The van der Waals surface area contributed by atoms with E-state index in [0.717, 1.165) is 0 Å². The highest BCUT2D eigenvalue weighted by atomic mass is 13.5. The summed E-state index contributed by atoms with van der Waals surface area (Å²) in [6, 6.07) is 0. The smallest absolute Gasteiger partial charge is 0.0122 e. The minimum Gasteiger partial charge on any atom is -0.115 e. The maximum absolute atomic E-state index is 4.83. The highest BCUT2D eigenvalue weighted by Gasteiger charge is 1.47. The fourth-order valence-electron chi connectivity index (χ4n) is 0.247. The SMILES string of the molecule is C#CC=CC=C.C#CC=CC=C. The Morgan fingerprint density at radius 1 is 0.833 bits per heavy atom. The van der Waals surface area contributed by atoms with Crippen LogP contribution in [0.2, 0.25) is 0 Å². The number of terminal acetylenes is 2. The van der Waals surface area contributed by atoms with Crippen molar-refractivity contribution in [1.29, 1.82) is 0 Å². The molecule has 0 heterocycles. The predicted octanol–water partition coefficient (Wildman–Crippen LogP) is 2.72. The van der Waals surface area contributed by atoms with Gasteiger partial charge in [0.2, 0.25) is 0 Å². The van der Waals surface area contributed by atoms with Gasteiger partial charge in [-0.05, 0) is 12.2 Å². The summed E-state index contributed by atoms with van der Waals surface area (Å²) in [6.07, 6.45) is 19.5. The van der Waals surface area contributed by atoms with Crippen molar-refractivity contribution in [1.82, 2.24) is 0 Å². The lowest BCUT2D eigenvalue weighted by Gasteiger charge is -1.57. The molecule has 0 amide bonds. The lowest BCUT2D eigenvalue weighted by Crippen LogP contribution is -1.39. The molecule has 0 bridgehead atoms. The van der Waals surface area contributed by atoms with Gasteiger partial charge in [0, 0.05) is 0 Å². The predicted molar refractivity (Wildman–Crippen MR) is 56.3 cm³/mol. The summed E-state index contributed by atoms with van der Waals surface area (Å²) >= 11 is 0. The van der Waals surface area contributed by atoms with Crippen molar-refractivity contribution in [2.45, 2.75) is 0 Å². The van der Waals surface area contributed by atoms with Crippen molar-refractivity contribution in [3.8, 4) is 24.7 Å². The second-order valence-electron chi connectivity index (χ2n) is 1.52. The van der Waals surface area contributed by atoms with E-state index in [0.29, 0.717) is 0 Å². The van der Waals surface area contributed by atoms with Crippen LogP contribution in [0.15, 0.2) is 49.6 Å². The third-order valence-electron chi connectivity index (χ3n) is 0.657. The first-order chi connectivity index (χ1) is 5.83. The summed E-state index contributed by atoms with van der Waals surface area (Å²) in [7, 11) is 0.